The summed E-state index contributed by atoms with van der Waals surface area (Å²) in [6.45, 7) is 2.45. The first-order chi connectivity index (χ1) is 18.5. The van der Waals surface area contributed by atoms with Crippen LogP contribution in [0.2, 0.25) is 0 Å². The van der Waals surface area contributed by atoms with E-state index in [9.17, 15) is 14.9 Å². The maximum Gasteiger partial charge on any atom is 0.295 e. The van der Waals surface area contributed by atoms with E-state index < -0.39 is 10.5 Å². The number of hydrogen-bond acceptors (Lipinski definition) is 7. The van der Waals surface area contributed by atoms with Crippen LogP contribution in [0.4, 0.5) is 11.4 Å². The molecule has 38 heavy (non-hydrogen) atoms. The Morgan fingerprint density at radius 2 is 1.68 bits per heavy atom. The van der Waals surface area contributed by atoms with Gasteiger partial charge >= 0.3 is 0 Å². The molecule has 0 saturated carbocycles. The average Bonchev–Trinajstić information content (AvgIpc) is 2.97. The summed E-state index contributed by atoms with van der Waals surface area (Å²) in [4.78, 5) is 27.3. The van der Waals surface area contributed by atoms with Gasteiger partial charge in [0.15, 0.2) is 0 Å². The number of hydrogen-bond donors (Lipinski definition) is 0. The van der Waals surface area contributed by atoms with Crippen molar-refractivity contribution in [1.82, 2.24) is 9.78 Å². The first-order valence-electron chi connectivity index (χ1n) is 12.3. The number of nitro benzene ring substituents is 1. The molecule has 1 aliphatic rings. The summed E-state index contributed by atoms with van der Waals surface area (Å²) in [7, 11) is 1.62. The third kappa shape index (κ3) is 4.12. The van der Waals surface area contributed by atoms with Gasteiger partial charge in [0.25, 0.3) is 11.2 Å². The number of morpholine rings is 1. The SMILES string of the molecule is COc1ccc2ccc(-c3nn(-c4cc(N5CCOCC5)ccc4[N+](=O)[O-])c(=O)c4ccccc34)cc2c1. The molecule has 6 rings (SSSR count). The normalized spacial score (nSPS) is 13.7. The molecule has 0 radical (unpaired) electrons. The number of benzene rings is 4. The van der Waals surface area contributed by atoms with Gasteiger partial charge in [-0.05, 0) is 47.2 Å². The molecular formula is C29H24N4O5. The van der Waals surface area contributed by atoms with Crippen molar-refractivity contribution in [2.75, 3.05) is 38.3 Å². The van der Waals surface area contributed by atoms with Crippen LogP contribution in [0.25, 0.3) is 38.5 Å². The first kappa shape index (κ1) is 23.6. The molecule has 0 spiro atoms. The van der Waals surface area contributed by atoms with Crippen LogP contribution in [-0.4, -0.2) is 48.1 Å². The molecule has 190 valence electrons. The molecule has 1 aliphatic heterocycles. The largest absolute Gasteiger partial charge is 0.497 e. The third-order valence-corrected chi connectivity index (χ3v) is 6.89. The molecule has 0 aliphatic carbocycles. The number of aromatic nitrogens is 2. The Balaban J connectivity index is 1.60. The monoisotopic (exact) mass is 508 g/mol. The number of rotatable bonds is 5. The molecule has 0 unspecified atom stereocenters. The maximum absolute atomic E-state index is 13.7. The Hall–Kier alpha value is -4.76. The predicted molar refractivity (Wildman–Crippen MR) is 147 cm³/mol. The van der Waals surface area contributed by atoms with Crippen LogP contribution < -0.4 is 15.2 Å². The molecule has 0 bridgehead atoms. The van der Waals surface area contributed by atoms with Gasteiger partial charge in [-0.1, -0.05) is 36.4 Å². The maximum atomic E-state index is 13.7. The molecule has 4 aromatic carbocycles. The summed E-state index contributed by atoms with van der Waals surface area (Å²) in [5.74, 6) is 0.730. The Morgan fingerprint density at radius 3 is 2.45 bits per heavy atom. The van der Waals surface area contributed by atoms with Crippen molar-refractivity contribution >= 4 is 32.9 Å². The van der Waals surface area contributed by atoms with Gasteiger partial charge in [0.1, 0.15) is 11.4 Å². The van der Waals surface area contributed by atoms with Crippen LogP contribution in [0.1, 0.15) is 0 Å². The molecule has 0 N–H and O–H groups in total. The van der Waals surface area contributed by atoms with Crippen LogP contribution in [0.5, 0.6) is 5.75 Å². The minimum atomic E-state index is -0.482. The zero-order valence-electron chi connectivity index (χ0n) is 20.7. The van der Waals surface area contributed by atoms with Gasteiger partial charge in [0.05, 0.1) is 36.3 Å². The highest BCUT2D eigenvalue weighted by atomic mass is 16.6. The quantitative estimate of drug-likeness (QED) is 0.244. The summed E-state index contributed by atoms with van der Waals surface area (Å²) in [6, 6.07) is 23.7. The highest BCUT2D eigenvalue weighted by Crippen LogP contribution is 2.32. The molecule has 1 saturated heterocycles. The van der Waals surface area contributed by atoms with Crippen LogP contribution in [-0.2, 0) is 4.74 Å². The first-order valence-corrected chi connectivity index (χ1v) is 12.3. The number of nitrogens with zero attached hydrogens (tertiary/aromatic N) is 4. The van der Waals surface area contributed by atoms with Crippen molar-refractivity contribution < 1.29 is 14.4 Å². The second kappa shape index (κ2) is 9.60. The van der Waals surface area contributed by atoms with E-state index in [-0.39, 0.29) is 11.4 Å². The molecule has 0 amide bonds. The van der Waals surface area contributed by atoms with Gasteiger partial charge in [-0.25, -0.2) is 0 Å². The lowest BCUT2D eigenvalue weighted by Gasteiger charge is -2.29. The Kier molecular flexibility index (Phi) is 5.97. The van der Waals surface area contributed by atoms with Crippen LogP contribution in [0, 0.1) is 10.1 Å². The fourth-order valence-electron chi connectivity index (χ4n) is 4.92. The van der Waals surface area contributed by atoms with Crippen molar-refractivity contribution in [2.45, 2.75) is 0 Å². The summed E-state index contributed by atoms with van der Waals surface area (Å²) >= 11 is 0. The van der Waals surface area contributed by atoms with Crippen LogP contribution >= 0.6 is 0 Å². The summed E-state index contributed by atoms with van der Waals surface area (Å²) in [5.41, 5.74) is 1.61. The lowest BCUT2D eigenvalue weighted by atomic mass is 10.0. The summed E-state index contributed by atoms with van der Waals surface area (Å²) in [5, 5.41) is 19.9. The van der Waals surface area contributed by atoms with E-state index in [4.69, 9.17) is 14.6 Å². The number of nitro groups is 1. The zero-order valence-corrected chi connectivity index (χ0v) is 20.7. The molecule has 1 fully saturated rings. The Morgan fingerprint density at radius 1 is 0.921 bits per heavy atom. The van der Waals surface area contributed by atoms with Gasteiger partial charge in [-0.15, -0.1) is 0 Å². The highest BCUT2D eigenvalue weighted by molar-refractivity contribution is 5.97. The van der Waals surface area contributed by atoms with Crippen molar-refractivity contribution in [3.8, 4) is 22.7 Å². The smallest absolute Gasteiger partial charge is 0.295 e. The summed E-state index contributed by atoms with van der Waals surface area (Å²) in [6.07, 6.45) is 0. The third-order valence-electron chi connectivity index (χ3n) is 6.89. The zero-order chi connectivity index (χ0) is 26.2. The van der Waals surface area contributed by atoms with E-state index in [1.807, 2.05) is 48.5 Å². The number of anilines is 1. The lowest BCUT2D eigenvalue weighted by Crippen LogP contribution is -2.36. The lowest BCUT2D eigenvalue weighted by molar-refractivity contribution is -0.384. The molecule has 9 nitrogen and oxygen atoms in total. The second-order valence-corrected chi connectivity index (χ2v) is 9.07. The Bertz CT molecular complexity index is 1760. The van der Waals surface area contributed by atoms with Crippen LogP contribution in [0.3, 0.4) is 0 Å². The van der Waals surface area contributed by atoms with Crippen molar-refractivity contribution in [3.63, 3.8) is 0 Å². The van der Waals surface area contributed by atoms with E-state index in [0.717, 1.165) is 32.5 Å². The van der Waals surface area contributed by atoms with Crippen LogP contribution in [0.15, 0.2) is 83.7 Å². The minimum Gasteiger partial charge on any atom is -0.497 e. The minimum absolute atomic E-state index is 0.124. The topological polar surface area (TPSA) is 99.7 Å². The van der Waals surface area contributed by atoms with E-state index in [1.54, 1.807) is 31.4 Å². The number of ether oxygens (including phenoxy) is 2. The van der Waals surface area contributed by atoms with Gasteiger partial charge in [0.2, 0.25) is 0 Å². The fourth-order valence-corrected chi connectivity index (χ4v) is 4.92. The summed E-state index contributed by atoms with van der Waals surface area (Å²) < 4.78 is 12.0. The van der Waals surface area contributed by atoms with Gasteiger partial charge in [-0.3, -0.25) is 14.9 Å². The molecule has 5 aromatic rings. The van der Waals surface area contributed by atoms with Gasteiger partial charge in [-0.2, -0.15) is 9.78 Å². The highest BCUT2D eigenvalue weighted by Gasteiger charge is 2.23. The number of fused-ring (bicyclic) bond motifs is 2. The molecule has 2 heterocycles. The standard InChI is InChI=1S/C29H24N4O5/c1-37-23-10-8-19-6-7-20(16-21(19)17-23)28-24-4-2-3-5-25(24)29(34)32(30-28)27-18-22(9-11-26(27)33(35)36)31-12-14-38-15-13-31/h2-11,16-18H,12-15H2,1H3. The van der Waals surface area contributed by atoms with Crippen molar-refractivity contribution in [3.05, 3.63) is 99.3 Å². The molecule has 0 atom stereocenters. The van der Waals surface area contributed by atoms with Crippen molar-refractivity contribution in [1.29, 1.82) is 0 Å². The second-order valence-electron chi connectivity index (χ2n) is 9.07. The predicted octanol–water partition coefficient (Wildman–Crippen LogP) is 4.96. The van der Waals surface area contributed by atoms with Gasteiger partial charge < -0.3 is 14.4 Å². The van der Waals surface area contributed by atoms with E-state index in [2.05, 4.69) is 4.90 Å². The fraction of sp³-hybridized carbons (Fsp3) is 0.172. The van der Waals surface area contributed by atoms with E-state index >= 15 is 0 Å². The molecule has 1 aromatic heterocycles. The molecular weight excluding hydrogens is 484 g/mol. The van der Waals surface area contributed by atoms with E-state index in [0.29, 0.717) is 42.8 Å². The Labute approximate surface area is 217 Å². The van der Waals surface area contributed by atoms with Gasteiger partial charge in [0, 0.05) is 35.8 Å². The average molecular weight is 509 g/mol. The van der Waals surface area contributed by atoms with E-state index in [1.165, 1.54) is 6.07 Å². The number of methoxy groups -OCH3 is 1. The molecule has 9 heteroatoms. The van der Waals surface area contributed by atoms with Crippen molar-refractivity contribution in [2.24, 2.45) is 0 Å².